The first kappa shape index (κ1) is 26.3. The van der Waals surface area contributed by atoms with E-state index in [1.54, 1.807) is 23.1 Å². The third-order valence-electron chi connectivity index (χ3n) is 6.05. The van der Waals surface area contributed by atoms with Gasteiger partial charge >= 0.3 is 142 Å². The zero-order valence-corrected chi connectivity index (χ0v) is 21.1. The molecule has 2 amide bonds. The number of aromatic hydroxyl groups is 1. The Kier molecular flexibility index (Phi) is 8.46. The summed E-state index contributed by atoms with van der Waals surface area (Å²) < 4.78 is 24.6. The summed E-state index contributed by atoms with van der Waals surface area (Å²) in [6, 6.07) is 10.5. The van der Waals surface area contributed by atoms with Crippen molar-refractivity contribution in [2.45, 2.75) is 25.8 Å². The molecule has 5 rings (SSSR count). The van der Waals surface area contributed by atoms with Crippen LogP contribution in [0.3, 0.4) is 0 Å². The Bertz CT molecular complexity index is 1110. The van der Waals surface area contributed by atoms with Gasteiger partial charge in [-0.25, -0.2) is 0 Å². The molecule has 34 heavy (non-hydrogen) atoms. The summed E-state index contributed by atoms with van der Waals surface area (Å²) in [5, 5.41) is 19.1. The van der Waals surface area contributed by atoms with E-state index in [-0.39, 0.29) is 16.3 Å². The number of hydrogen-bond acceptors (Lipinski definition) is 7. The second kappa shape index (κ2) is 10.9. The minimum absolute atomic E-state index is 0.0237. The quantitative estimate of drug-likeness (QED) is 0.245. The fourth-order valence-electron chi connectivity index (χ4n) is 4.42. The maximum atomic E-state index is 12.2. The smallest absolute Gasteiger partial charge is 0.248 e. The van der Waals surface area contributed by atoms with Crippen molar-refractivity contribution in [3.05, 3.63) is 53.1 Å². The summed E-state index contributed by atoms with van der Waals surface area (Å²) in [7, 11) is 0. The number of hydrogen-bond donors (Lipinski definition) is 4. The molecule has 3 aliphatic heterocycles. The second-order valence-corrected chi connectivity index (χ2v) is 12.2. The maximum absolute atomic E-state index is 12.2. The molecule has 0 aliphatic carbocycles. The average molecular weight is 556 g/mol. The number of phenolic OH excluding ortho intramolecular Hbond substituents is 1. The Morgan fingerprint density at radius 2 is 1.88 bits per heavy atom. The van der Waals surface area contributed by atoms with Crippen molar-refractivity contribution in [1.82, 2.24) is 4.90 Å². The summed E-state index contributed by atoms with van der Waals surface area (Å²) in [4.78, 5) is 26.7. The summed E-state index contributed by atoms with van der Waals surface area (Å²) >= 11 is 0.427. The number of carbonyl (C=O) groups excluding carboxylic acids is 2. The number of carbonyl (C=O) groups is 2. The van der Waals surface area contributed by atoms with Gasteiger partial charge in [0.05, 0.1) is 0 Å². The van der Waals surface area contributed by atoms with Crippen LogP contribution in [-0.4, -0.2) is 71.0 Å². The maximum Gasteiger partial charge on any atom is 0.248 e. The van der Waals surface area contributed by atoms with Crippen molar-refractivity contribution >= 4 is 47.6 Å². The van der Waals surface area contributed by atoms with E-state index in [9.17, 15) is 22.5 Å². The first-order valence-electron chi connectivity index (χ1n) is 10.6. The van der Waals surface area contributed by atoms with Crippen LogP contribution in [0.1, 0.15) is 30.1 Å². The molecule has 2 aromatic carbocycles. The standard InChI is InChI=1S/C15H21AsN2O6.C7H6ClNO/c1-10(19)18(14-9-17-6-4-11(14)5-7-17)12-2-3-13(15(20)8-12)16(21,22)24-23;8-6-3-1-2-5(4-6)7(9)10/h2-3,8,11,14,20,23H,4-7,9H2,1H3,(H,21,22);1-4H,(H2,9,10). The van der Waals surface area contributed by atoms with Crippen LogP contribution in [0.15, 0.2) is 42.5 Å². The third kappa shape index (κ3) is 6.02. The zero-order valence-electron chi connectivity index (χ0n) is 18.5. The Balaban J connectivity index is 0.000000271. The molecular weight excluding hydrogens is 529 g/mol. The van der Waals surface area contributed by atoms with Gasteiger partial charge in [-0.15, -0.1) is 0 Å². The molecule has 0 saturated carbocycles. The van der Waals surface area contributed by atoms with E-state index in [1.165, 1.54) is 31.2 Å². The van der Waals surface area contributed by atoms with Gasteiger partial charge in [0.15, 0.2) is 0 Å². The van der Waals surface area contributed by atoms with Gasteiger partial charge < -0.3 is 5.73 Å². The van der Waals surface area contributed by atoms with E-state index in [2.05, 4.69) is 8.78 Å². The first-order chi connectivity index (χ1) is 16.0. The molecule has 3 aliphatic rings. The van der Waals surface area contributed by atoms with E-state index in [4.69, 9.17) is 22.6 Å². The van der Waals surface area contributed by atoms with Crippen molar-refractivity contribution in [1.29, 1.82) is 0 Å². The minimum atomic E-state index is -5.15. The van der Waals surface area contributed by atoms with Crippen LogP contribution >= 0.6 is 11.6 Å². The molecule has 2 atom stereocenters. The predicted molar refractivity (Wildman–Crippen MR) is 126 cm³/mol. The van der Waals surface area contributed by atoms with Gasteiger partial charge in [0.25, 0.3) is 0 Å². The van der Waals surface area contributed by atoms with Crippen molar-refractivity contribution in [3.8, 4) is 5.75 Å². The topological polar surface area (TPSA) is 154 Å². The number of benzene rings is 2. The van der Waals surface area contributed by atoms with Crippen LogP contribution in [0.5, 0.6) is 5.75 Å². The molecule has 2 bridgehead atoms. The molecule has 12 heteroatoms. The summed E-state index contributed by atoms with van der Waals surface area (Å²) in [6.07, 6.45) is 2.07. The number of amides is 2. The second-order valence-electron chi connectivity index (χ2n) is 8.24. The minimum Gasteiger partial charge on any atom is -0.366 e. The SMILES string of the molecule is CC(=O)N(c1ccc([As](=O)(O)OO)c(O)c1)C1CN2CCC1CC2.NC(=O)c1cccc(Cl)c1. The third-order valence-corrected chi connectivity index (χ3v) is 8.82. The molecular formula is C22H27AsClN3O7. The molecule has 5 N–H and O–H groups in total. The van der Waals surface area contributed by atoms with Gasteiger partial charge in [-0.1, -0.05) is 17.7 Å². The van der Waals surface area contributed by atoms with Gasteiger partial charge in [0.1, 0.15) is 0 Å². The van der Waals surface area contributed by atoms with Crippen molar-refractivity contribution in [2.75, 3.05) is 24.5 Å². The molecule has 3 saturated heterocycles. The summed E-state index contributed by atoms with van der Waals surface area (Å²) in [6.45, 7) is 4.34. The molecule has 0 spiro atoms. The molecule has 184 valence electrons. The molecule has 0 aromatic heterocycles. The fraction of sp³-hybridized carbons (Fsp3) is 0.364. The van der Waals surface area contributed by atoms with Crippen molar-refractivity contribution < 1.29 is 31.7 Å². The number of anilines is 1. The van der Waals surface area contributed by atoms with Crippen LogP contribution < -0.4 is 15.0 Å². The monoisotopic (exact) mass is 555 g/mol. The van der Waals surface area contributed by atoms with E-state index < -0.39 is 25.8 Å². The average Bonchev–Trinajstić information content (AvgIpc) is 2.80. The van der Waals surface area contributed by atoms with Gasteiger partial charge in [0, 0.05) is 10.6 Å². The summed E-state index contributed by atoms with van der Waals surface area (Å²) in [5.41, 5.74) is 5.89. The Morgan fingerprint density at radius 1 is 1.21 bits per heavy atom. The number of piperidine rings is 3. The van der Waals surface area contributed by atoms with E-state index in [0.717, 1.165) is 32.5 Å². The molecule has 3 heterocycles. The largest absolute Gasteiger partial charge is 0.366 e. The normalized spacial score (nSPS) is 22.8. The number of fused-ring (bicyclic) bond motifs is 3. The fourth-order valence-corrected chi connectivity index (χ4v) is 6.09. The Hall–Kier alpha value is -2.33. The van der Waals surface area contributed by atoms with Gasteiger partial charge in [-0.05, 0) is 18.2 Å². The number of rotatable bonds is 5. The summed E-state index contributed by atoms with van der Waals surface area (Å²) in [5.74, 6) is -0.659. The van der Waals surface area contributed by atoms with Crippen molar-refractivity contribution in [3.63, 3.8) is 0 Å². The molecule has 3 fully saturated rings. The van der Waals surface area contributed by atoms with Crippen LogP contribution in [0.2, 0.25) is 5.02 Å². The van der Waals surface area contributed by atoms with Crippen LogP contribution in [0.4, 0.5) is 5.69 Å². The number of nitrogens with zero attached hydrogens (tertiary/aromatic N) is 2. The Morgan fingerprint density at radius 3 is 2.32 bits per heavy atom. The van der Waals surface area contributed by atoms with Crippen LogP contribution in [0.25, 0.3) is 0 Å². The zero-order chi connectivity index (χ0) is 25.0. The predicted octanol–water partition coefficient (Wildman–Crippen LogP) is 1.34. The first-order valence-corrected chi connectivity index (χ1v) is 14.3. The number of halogens is 1. The molecule has 0 radical (unpaired) electrons. The van der Waals surface area contributed by atoms with Crippen molar-refractivity contribution in [2.24, 2.45) is 11.7 Å². The number of phenols is 1. The van der Waals surface area contributed by atoms with Gasteiger partial charge in [-0.2, -0.15) is 0 Å². The van der Waals surface area contributed by atoms with E-state index >= 15 is 0 Å². The molecule has 10 nitrogen and oxygen atoms in total. The number of primary amides is 1. The van der Waals surface area contributed by atoms with Crippen LogP contribution in [0, 0.1) is 5.92 Å². The Labute approximate surface area is 204 Å². The van der Waals surface area contributed by atoms with E-state index in [0.29, 0.717) is 22.2 Å². The van der Waals surface area contributed by atoms with E-state index in [1.807, 2.05) is 0 Å². The molecule has 2 unspecified atom stereocenters. The van der Waals surface area contributed by atoms with Gasteiger partial charge in [-0.3, -0.25) is 4.79 Å². The van der Waals surface area contributed by atoms with Crippen LogP contribution in [-0.2, 0) is 12.4 Å². The number of nitrogens with two attached hydrogens (primary N) is 1. The molecule has 2 aromatic rings. The van der Waals surface area contributed by atoms with Gasteiger partial charge in [0.2, 0.25) is 5.91 Å².